The van der Waals surface area contributed by atoms with Crippen LogP contribution >= 0.6 is 0 Å². The van der Waals surface area contributed by atoms with E-state index in [2.05, 4.69) is 10.0 Å². The van der Waals surface area contributed by atoms with Crippen molar-refractivity contribution in [2.24, 2.45) is 22.4 Å². The van der Waals surface area contributed by atoms with E-state index in [1.165, 1.54) is 0 Å². The number of rotatable bonds is 1. The molecule has 0 bridgehead atoms. The second-order valence-electron chi connectivity index (χ2n) is 6.07. The molecule has 1 aliphatic carbocycles. The third-order valence-electron chi connectivity index (χ3n) is 4.31. The number of hydrogen-bond donors (Lipinski definition) is 0. The molecule has 1 heterocycles. The van der Waals surface area contributed by atoms with Gasteiger partial charge in [-0.2, -0.15) is 0 Å². The molecule has 19 heavy (non-hydrogen) atoms. The lowest BCUT2D eigenvalue weighted by molar-refractivity contribution is -0.126. The fraction of sp³-hybridized carbons (Fsp3) is 0.833. The standard InChI is InChI=1S/C12H19N5O2/c1-12(10(18)14-15-13)4-8-6-17(7-9(8)5-12)11(19)16(2)3/h8-9H,4-7H2,1-3H3/t8-,9+,12?. The van der Waals surface area contributed by atoms with Crippen LogP contribution in [0, 0.1) is 17.3 Å². The number of urea groups is 1. The Kier molecular flexibility index (Phi) is 3.41. The maximum atomic E-state index is 11.9. The van der Waals surface area contributed by atoms with E-state index in [1.54, 1.807) is 19.0 Å². The lowest BCUT2D eigenvalue weighted by Gasteiger charge is -2.25. The highest BCUT2D eigenvalue weighted by atomic mass is 16.2. The summed E-state index contributed by atoms with van der Waals surface area (Å²) >= 11 is 0. The van der Waals surface area contributed by atoms with E-state index in [0.29, 0.717) is 37.8 Å². The van der Waals surface area contributed by atoms with Gasteiger partial charge in [0.25, 0.3) is 0 Å². The van der Waals surface area contributed by atoms with Gasteiger partial charge in [0.2, 0.25) is 5.91 Å². The Morgan fingerprint density at radius 3 is 2.26 bits per heavy atom. The van der Waals surface area contributed by atoms with Gasteiger partial charge >= 0.3 is 6.03 Å². The Balaban J connectivity index is 2.03. The summed E-state index contributed by atoms with van der Waals surface area (Å²) in [5.41, 5.74) is 7.82. The third kappa shape index (κ3) is 2.38. The molecule has 1 aliphatic heterocycles. The molecule has 7 heteroatoms. The number of nitrogens with zero attached hydrogens (tertiary/aromatic N) is 5. The molecule has 2 fully saturated rings. The Labute approximate surface area is 112 Å². The van der Waals surface area contributed by atoms with Crippen LogP contribution in [0.3, 0.4) is 0 Å². The highest BCUT2D eigenvalue weighted by Gasteiger charge is 2.50. The molecule has 0 spiro atoms. The fourth-order valence-corrected chi connectivity index (χ4v) is 3.42. The quantitative estimate of drug-likeness (QED) is 0.411. The minimum atomic E-state index is -0.547. The molecule has 104 valence electrons. The van der Waals surface area contributed by atoms with Gasteiger partial charge in [0.15, 0.2) is 0 Å². The van der Waals surface area contributed by atoms with Gasteiger partial charge in [-0.1, -0.05) is 6.92 Å². The zero-order valence-corrected chi connectivity index (χ0v) is 11.5. The molecule has 0 aromatic carbocycles. The molecule has 0 aromatic heterocycles. The van der Waals surface area contributed by atoms with Crippen molar-refractivity contribution in [3.8, 4) is 0 Å². The summed E-state index contributed by atoms with van der Waals surface area (Å²) in [4.78, 5) is 29.7. The number of likely N-dealkylation sites (tertiary alicyclic amines) is 1. The molecule has 2 rings (SSSR count). The van der Waals surface area contributed by atoms with Crippen LogP contribution in [-0.4, -0.2) is 48.9 Å². The summed E-state index contributed by atoms with van der Waals surface area (Å²) in [5, 5.41) is 3.24. The van der Waals surface area contributed by atoms with E-state index < -0.39 is 5.41 Å². The molecule has 0 aromatic rings. The first-order valence-corrected chi connectivity index (χ1v) is 6.43. The topological polar surface area (TPSA) is 89.4 Å². The van der Waals surface area contributed by atoms with Gasteiger partial charge in [-0.05, 0) is 35.3 Å². The van der Waals surface area contributed by atoms with Crippen molar-refractivity contribution in [1.82, 2.24) is 9.80 Å². The number of amides is 3. The minimum absolute atomic E-state index is 0.0254. The molecule has 1 saturated carbocycles. The summed E-state index contributed by atoms with van der Waals surface area (Å²) in [6, 6.07) is 0.0254. The van der Waals surface area contributed by atoms with Gasteiger partial charge in [-0.3, -0.25) is 4.79 Å². The molecule has 2 aliphatic rings. The summed E-state index contributed by atoms with van der Waals surface area (Å²) in [6.07, 6.45) is 1.40. The highest BCUT2D eigenvalue weighted by Crippen LogP contribution is 2.49. The first-order valence-electron chi connectivity index (χ1n) is 6.43. The van der Waals surface area contributed by atoms with Crippen LogP contribution in [0.2, 0.25) is 0 Å². The predicted molar refractivity (Wildman–Crippen MR) is 69.1 cm³/mol. The van der Waals surface area contributed by atoms with Crippen LogP contribution in [0.25, 0.3) is 10.4 Å². The molecular weight excluding hydrogens is 246 g/mol. The average molecular weight is 265 g/mol. The summed E-state index contributed by atoms with van der Waals surface area (Å²) in [5.74, 6) is 0.313. The number of hydrogen-bond acceptors (Lipinski definition) is 2. The van der Waals surface area contributed by atoms with Crippen molar-refractivity contribution < 1.29 is 9.59 Å². The van der Waals surface area contributed by atoms with E-state index in [1.807, 2.05) is 11.8 Å². The first kappa shape index (κ1) is 13.7. The van der Waals surface area contributed by atoms with Crippen molar-refractivity contribution in [3.63, 3.8) is 0 Å². The maximum Gasteiger partial charge on any atom is 0.319 e. The maximum absolute atomic E-state index is 11.9. The Bertz CT molecular complexity index is 441. The Hall–Kier alpha value is -1.75. The van der Waals surface area contributed by atoms with Crippen molar-refractivity contribution in [2.45, 2.75) is 19.8 Å². The summed E-state index contributed by atoms with van der Waals surface area (Å²) in [6.45, 7) is 3.25. The molecule has 1 saturated heterocycles. The summed E-state index contributed by atoms with van der Waals surface area (Å²) in [7, 11) is 3.48. The van der Waals surface area contributed by atoms with E-state index in [0.717, 1.165) is 0 Å². The van der Waals surface area contributed by atoms with Crippen LogP contribution in [0.15, 0.2) is 5.11 Å². The lowest BCUT2D eigenvalue weighted by Crippen LogP contribution is -2.39. The van der Waals surface area contributed by atoms with Gasteiger partial charge in [-0.15, -0.1) is 0 Å². The van der Waals surface area contributed by atoms with E-state index in [-0.39, 0.29) is 11.9 Å². The zero-order valence-electron chi connectivity index (χ0n) is 11.5. The van der Waals surface area contributed by atoms with Crippen LogP contribution in [-0.2, 0) is 4.79 Å². The number of azide groups is 1. The van der Waals surface area contributed by atoms with Crippen molar-refractivity contribution in [2.75, 3.05) is 27.2 Å². The van der Waals surface area contributed by atoms with Gasteiger partial charge in [0.05, 0.1) is 0 Å². The minimum Gasteiger partial charge on any atom is -0.331 e. The van der Waals surface area contributed by atoms with E-state index in [4.69, 9.17) is 5.53 Å². The SMILES string of the molecule is CN(C)C(=O)N1C[C@@H]2CC(C)(C(=O)N=[N+]=[N-])C[C@@H]2C1. The highest BCUT2D eigenvalue weighted by molar-refractivity contribution is 5.83. The molecule has 0 N–H and O–H groups in total. The average Bonchev–Trinajstić information content (AvgIpc) is 2.83. The number of carbonyl (C=O) groups excluding carboxylic acids is 2. The first-order chi connectivity index (χ1) is 8.87. The molecule has 3 atom stereocenters. The molecular formula is C12H19N5O2. The van der Waals surface area contributed by atoms with Crippen molar-refractivity contribution in [1.29, 1.82) is 0 Å². The predicted octanol–water partition coefficient (Wildman–Crippen LogP) is 1.85. The molecule has 3 amide bonds. The van der Waals surface area contributed by atoms with Crippen LogP contribution < -0.4 is 0 Å². The second kappa shape index (κ2) is 4.74. The van der Waals surface area contributed by atoms with Crippen LogP contribution in [0.4, 0.5) is 4.79 Å². The fourth-order valence-electron chi connectivity index (χ4n) is 3.42. The van der Waals surface area contributed by atoms with Gasteiger partial charge in [0, 0.05) is 37.5 Å². The van der Waals surface area contributed by atoms with Gasteiger partial charge in [0.1, 0.15) is 0 Å². The van der Waals surface area contributed by atoms with Crippen molar-refractivity contribution >= 4 is 11.9 Å². The largest absolute Gasteiger partial charge is 0.331 e. The molecule has 1 unspecified atom stereocenters. The second-order valence-corrected chi connectivity index (χ2v) is 6.07. The molecule has 0 radical (unpaired) electrons. The van der Waals surface area contributed by atoms with Crippen molar-refractivity contribution in [3.05, 3.63) is 10.4 Å². The number of carbonyl (C=O) groups is 2. The monoisotopic (exact) mass is 265 g/mol. The number of fused-ring (bicyclic) bond motifs is 1. The Morgan fingerprint density at radius 2 is 1.84 bits per heavy atom. The van der Waals surface area contributed by atoms with Gasteiger partial charge < -0.3 is 9.80 Å². The summed E-state index contributed by atoms with van der Waals surface area (Å²) < 4.78 is 0. The molecule has 7 nitrogen and oxygen atoms in total. The lowest BCUT2D eigenvalue weighted by atomic mass is 9.86. The normalized spacial score (nSPS) is 32.7. The van der Waals surface area contributed by atoms with Crippen LogP contribution in [0.5, 0.6) is 0 Å². The third-order valence-corrected chi connectivity index (χ3v) is 4.31. The van der Waals surface area contributed by atoms with Crippen LogP contribution in [0.1, 0.15) is 19.8 Å². The smallest absolute Gasteiger partial charge is 0.319 e. The Morgan fingerprint density at radius 1 is 1.32 bits per heavy atom. The van der Waals surface area contributed by atoms with E-state index >= 15 is 0 Å². The zero-order chi connectivity index (χ0) is 14.2. The van der Waals surface area contributed by atoms with E-state index in [9.17, 15) is 9.59 Å². The van der Waals surface area contributed by atoms with Gasteiger partial charge in [-0.25, -0.2) is 4.79 Å².